The molecule has 2 unspecified atom stereocenters. The number of nitrogens with two attached hydrogens (primary N) is 1. The third-order valence-corrected chi connectivity index (χ3v) is 8.19. The quantitative estimate of drug-likeness (QED) is 0.301. The maximum Gasteiger partial charge on any atom is 0.401 e. The van der Waals surface area contributed by atoms with Gasteiger partial charge in [0.15, 0.2) is 11.4 Å². The molecule has 1 amide bonds. The van der Waals surface area contributed by atoms with Crippen LogP contribution < -0.4 is 11.1 Å². The minimum Gasteiger partial charge on any atom is -0.507 e. The lowest BCUT2D eigenvalue weighted by Gasteiger charge is -2.48. The zero-order valence-corrected chi connectivity index (χ0v) is 21.0. The third kappa shape index (κ3) is 4.45. The number of aromatic hydroxyl groups is 1. The van der Waals surface area contributed by atoms with Crippen molar-refractivity contribution in [3.63, 3.8) is 0 Å². The number of hydrogen-bond donors (Lipinski definition) is 6. The Bertz CT molecular complexity index is 1440. The van der Waals surface area contributed by atoms with Crippen LogP contribution in [0.25, 0.3) is 16.9 Å². The summed E-state index contributed by atoms with van der Waals surface area (Å²) in [5, 5.41) is 45.9. The van der Waals surface area contributed by atoms with Gasteiger partial charge in [-0.15, -0.1) is 0 Å². The number of hydrogen-bond acceptors (Lipinski definition) is 8. The van der Waals surface area contributed by atoms with E-state index in [1.54, 1.807) is 30.3 Å². The fraction of sp³-hybridized carbons (Fsp3) is 0.393. The highest BCUT2D eigenvalue weighted by molar-refractivity contribution is 6.24. The van der Waals surface area contributed by atoms with Crippen molar-refractivity contribution in [2.24, 2.45) is 23.5 Å². The molecule has 7 N–H and O–H groups in total. The Hall–Kier alpha value is -3.74. The summed E-state index contributed by atoms with van der Waals surface area (Å²) >= 11 is 0. The number of primary amides is 1. The van der Waals surface area contributed by atoms with E-state index in [4.69, 9.17) is 5.73 Å². The number of carbonyl (C=O) groups excluding carboxylic acids is 3. The number of nitrogens with one attached hydrogen (secondary N) is 1. The molecule has 40 heavy (non-hydrogen) atoms. The lowest BCUT2D eigenvalue weighted by molar-refractivity contribution is -0.174. The summed E-state index contributed by atoms with van der Waals surface area (Å²) < 4.78 is 37.3. The molecule has 0 saturated heterocycles. The summed E-state index contributed by atoms with van der Waals surface area (Å²) in [5.74, 6) is -7.85. The third-order valence-electron chi connectivity index (χ3n) is 8.19. The Kier molecular flexibility index (Phi) is 6.76. The number of alkyl halides is 3. The summed E-state index contributed by atoms with van der Waals surface area (Å²) in [7, 11) is 0. The van der Waals surface area contributed by atoms with Crippen molar-refractivity contribution < 1.29 is 48.0 Å². The number of halogens is 3. The zero-order chi connectivity index (χ0) is 29.1. The summed E-state index contributed by atoms with van der Waals surface area (Å²) in [6.45, 7) is -1.13. The predicted molar refractivity (Wildman–Crippen MR) is 134 cm³/mol. The van der Waals surface area contributed by atoms with Crippen LogP contribution in [-0.2, 0) is 27.3 Å². The molecular weight excluding hydrogens is 533 g/mol. The second kappa shape index (κ2) is 9.72. The van der Waals surface area contributed by atoms with Gasteiger partial charge in [0.1, 0.15) is 17.4 Å². The van der Waals surface area contributed by atoms with E-state index in [1.165, 1.54) is 6.07 Å². The zero-order valence-electron chi connectivity index (χ0n) is 21.0. The Morgan fingerprint density at radius 1 is 1.07 bits per heavy atom. The minimum absolute atomic E-state index is 0.00394. The average molecular weight is 561 g/mol. The smallest absolute Gasteiger partial charge is 0.401 e. The number of ketones is 2. The Morgan fingerprint density at radius 2 is 1.75 bits per heavy atom. The number of Topliss-reactive ketones (excluding diaryl/α,β-unsaturated/α-hetero) is 2. The fourth-order valence-corrected chi connectivity index (χ4v) is 6.35. The molecule has 0 radical (unpaired) electrons. The van der Waals surface area contributed by atoms with Crippen LogP contribution in [0, 0.1) is 17.8 Å². The monoisotopic (exact) mass is 560 g/mol. The molecule has 0 heterocycles. The van der Waals surface area contributed by atoms with Gasteiger partial charge in [0.05, 0.1) is 18.2 Å². The number of aliphatic hydroxyl groups excluding tert-OH is 2. The van der Waals surface area contributed by atoms with E-state index in [9.17, 15) is 48.0 Å². The summed E-state index contributed by atoms with van der Waals surface area (Å²) in [4.78, 5) is 38.5. The second-order valence-corrected chi connectivity index (χ2v) is 10.6. The van der Waals surface area contributed by atoms with Gasteiger partial charge < -0.3 is 31.5 Å². The maximum absolute atomic E-state index is 13.6. The van der Waals surface area contributed by atoms with Gasteiger partial charge in [-0.25, -0.2) is 0 Å². The van der Waals surface area contributed by atoms with Crippen LogP contribution in [0.2, 0.25) is 0 Å². The topological polar surface area (TPSA) is 170 Å². The largest absolute Gasteiger partial charge is 0.507 e. The normalized spacial score (nSPS) is 28.1. The van der Waals surface area contributed by atoms with E-state index >= 15 is 0 Å². The Labute approximate surface area is 226 Å². The molecule has 0 aliphatic heterocycles. The molecule has 3 aliphatic rings. The van der Waals surface area contributed by atoms with Crippen molar-refractivity contribution in [2.45, 2.75) is 43.7 Å². The number of benzene rings is 2. The first-order valence-electron chi connectivity index (χ1n) is 12.7. The lowest BCUT2D eigenvalue weighted by atomic mass is 9.56. The summed E-state index contributed by atoms with van der Waals surface area (Å²) in [6, 6.07) is 9.62. The molecule has 9 nitrogen and oxygen atoms in total. The van der Waals surface area contributed by atoms with Crippen LogP contribution in [0.1, 0.15) is 29.5 Å². The van der Waals surface area contributed by atoms with Gasteiger partial charge in [-0.2, -0.15) is 13.2 Å². The standard InChI is InChI=1S/C28H27F3N2O7/c29-27(30,31)11-33-10-12-1-3-13(4-2-12)16-5-6-18(34)21-17(16)8-14-7-15-9-19(35)22(26(32)39)25(38)28(15,40)24(37)20(14)23(21)36/h1-6,14-15,19,22,33-36,40H,7-11H2,(H2,32,39)/t14-,15+,19?,22?,28+/m1/s1. The van der Waals surface area contributed by atoms with Gasteiger partial charge in [-0.3, -0.25) is 14.4 Å². The van der Waals surface area contributed by atoms with E-state index in [2.05, 4.69) is 5.32 Å². The molecule has 0 spiro atoms. The van der Waals surface area contributed by atoms with Crippen LogP contribution in [0.3, 0.4) is 0 Å². The number of rotatable bonds is 5. The SMILES string of the molecule is NC(=O)C1C(=O)[C@@]2(O)C(=O)C3=C(O)c4c(O)ccc(-c5ccc(CNCC(F)(F)F)cc5)c4C[C@H]3C[C@H]2CC1O. The molecule has 2 fully saturated rings. The number of aliphatic hydroxyl groups is 3. The number of carbonyl (C=O) groups is 3. The summed E-state index contributed by atoms with van der Waals surface area (Å²) in [6.07, 6.45) is -5.84. The molecule has 5 rings (SSSR count). The number of phenols is 1. The van der Waals surface area contributed by atoms with E-state index in [0.717, 1.165) is 0 Å². The van der Waals surface area contributed by atoms with Gasteiger partial charge in [-0.1, -0.05) is 30.3 Å². The van der Waals surface area contributed by atoms with Crippen LogP contribution in [0.15, 0.2) is 42.0 Å². The first-order chi connectivity index (χ1) is 18.7. The molecule has 212 valence electrons. The molecule has 2 aromatic carbocycles. The van der Waals surface area contributed by atoms with E-state index in [1.807, 2.05) is 0 Å². The maximum atomic E-state index is 13.6. The Balaban J connectivity index is 1.51. The molecule has 0 aromatic heterocycles. The predicted octanol–water partition coefficient (Wildman–Crippen LogP) is 1.91. The van der Waals surface area contributed by atoms with Crippen LogP contribution in [0.4, 0.5) is 13.2 Å². The van der Waals surface area contributed by atoms with Crippen molar-refractivity contribution in [3.8, 4) is 16.9 Å². The first-order valence-corrected chi connectivity index (χ1v) is 12.7. The van der Waals surface area contributed by atoms with Crippen molar-refractivity contribution in [3.05, 3.63) is 58.7 Å². The van der Waals surface area contributed by atoms with Crippen molar-refractivity contribution in [1.29, 1.82) is 0 Å². The molecule has 2 saturated carbocycles. The van der Waals surface area contributed by atoms with E-state index < -0.39 is 65.4 Å². The first kappa shape index (κ1) is 27.8. The molecule has 12 heteroatoms. The minimum atomic E-state index is -4.33. The van der Waals surface area contributed by atoms with Crippen molar-refractivity contribution in [2.75, 3.05) is 6.54 Å². The summed E-state index contributed by atoms with van der Waals surface area (Å²) in [5.41, 5.74) is 4.70. The van der Waals surface area contributed by atoms with Gasteiger partial charge in [0.2, 0.25) is 11.7 Å². The van der Waals surface area contributed by atoms with Crippen LogP contribution in [-0.4, -0.2) is 62.3 Å². The number of amides is 1. The number of phenolic OH excluding ortho intramolecular Hbond substituents is 1. The molecule has 5 atom stereocenters. The van der Waals surface area contributed by atoms with E-state index in [0.29, 0.717) is 22.3 Å². The van der Waals surface area contributed by atoms with Crippen molar-refractivity contribution in [1.82, 2.24) is 5.32 Å². The van der Waals surface area contributed by atoms with Gasteiger partial charge in [-0.05, 0) is 53.5 Å². The van der Waals surface area contributed by atoms with Crippen LogP contribution >= 0.6 is 0 Å². The fourth-order valence-electron chi connectivity index (χ4n) is 6.35. The average Bonchev–Trinajstić information content (AvgIpc) is 2.86. The van der Waals surface area contributed by atoms with Gasteiger partial charge in [0.25, 0.3) is 0 Å². The highest BCUT2D eigenvalue weighted by Crippen LogP contribution is 2.52. The van der Waals surface area contributed by atoms with Gasteiger partial charge in [0, 0.05) is 18.0 Å². The molecule has 3 aliphatic carbocycles. The van der Waals surface area contributed by atoms with Gasteiger partial charge >= 0.3 is 6.18 Å². The van der Waals surface area contributed by atoms with E-state index in [-0.39, 0.29) is 42.7 Å². The lowest BCUT2D eigenvalue weighted by Crippen LogP contribution is -2.66. The highest BCUT2D eigenvalue weighted by Gasteiger charge is 2.64. The number of fused-ring (bicyclic) bond motifs is 3. The molecule has 0 bridgehead atoms. The molecular formula is C28H27F3N2O7. The van der Waals surface area contributed by atoms with Crippen LogP contribution in [0.5, 0.6) is 5.75 Å². The van der Waals surface area contributed by atoms with Crippen molar-refractivity contribution >= 4 is 23.2 Å². The Morgan fingerprint density at radius 3 is 2.38 bits per heavy atom. The second-order valence-electron chi connectivity index (χ2n) is 10.6. The highest BCUT2D eigenvalue weighted by atomic mass is 19.4. The molecule has 2 aromatic rings.